The molecule has 23 heteroatoms. The average Bonchev–Trinajstić information content (AvgIpc) is 1.74. The second-order valence-electron chi connectivity index (χ2n) is 26.4. The number of alkyl halides is 1. The summed E-state index contributed by atoms with van der Waals surface area (Å²) >= 11 is 8.45. The van der Waals surface area contributed by atoms with E-state index in [2.05, 4.69) is 95.3 Å². The Kier molecular flexibility index (Phi) is 28.8. The van der Waals surface area contributed by atoms with Gasteiger partial charge >= 0.3 is 19.3 Å². The first-order chi connectivity index (χ1) is 45.5. The third-order valence-electron chi connectivity index (χ3n) is 17.2. The van der Waals surface area contributed by atoms with E-state index in [1.165, 1.54) is 4.57 Å². The monoisotopic (exact) mass is 1770 g/mol. The molecule has 3 aliphatic rings. The molecule has 0 bridgehead atoms. The number of nitrogens with one attached hydrogen (secondary N) is 1. The zero-order chi connectivity index (χ0) is 71.8. The molecule has 3 saturated heterocycles. The quantitative estimate of drug-likeness (QED) is 0.0591. The Morgan fingerprint density at radius 3 is 1.21 bits per heavy atom. The number of rotatable bonds is 12. The van der Waals surface area contributed by atoms with Crippen molar-refractivity contribution in [3.05, 3.63) is 257 Å². The van der Waals surface area contributed by atoms with Crippen molar-refractivity contribution in [1.29, 1.82) is 0 Å². The number of nitrogens with zero attached hydrogens (tertiary/aromatic N) is 5. The van der Waals surface area contributed by atoms with Crippen LogP contribution in [0.25, 0.3) is 11.1 Å². The molecular weight excluding hydrogens is 1680 g/mol. The van der Waals surface area contributed by atoms with Crippen molar-refractivity contribution >= 4 is 115 Å². The van der Waals surface area contributed by atoms with Crippen LogP contribution in [0.5, 0.6) is 0 Å². The van der Waals surface area contributed by atoms with Gasteiger partial charge in [0.1, 0.15) is 11.2 Å². The van der Waals surface area contributed by atoms with Gasteiger partial charge in [-0.3, -0.25) is 19.2 Å². The fourth-order valence-electron chi connectivity index (χ4n) is 11.2. The van der Waals surface area contributed by atoms with Crippen molar-refractivity contribution in [3.8, 4) is 11.1 Å². The Morgan fingerprint density at radius 1 is 0.505 bits per heavy atom. The molecule has 0 radical (unpaired) electrons. The number of cyclic esters (lactones) is 2. The summed E-state index contributed by atoms with van der Waals surface area (Å²) in [7, 11) is 4.78. The number of aryl methyl sites for hydroxylation is 3. The molecule has 0 spiro atoms. The van der Waals surface area contributed by atoms with Crippen LogP contribution in [0.15, 0.2) is 202 Å². The van der Waals surface area contributed by atoms with Crippen molar-refractivity contribution in [2.75, 3.05) is 18.0 Å². The predicted octanol–water partition coefficient (Wildman–Crippen LogP) is 14.0. The summed E-state index contributed by atoms with van der Waals surface area (Å²) < 4.78 is 32.1. The van der Waals surface area contributed by atoms with Gasteiger partial charge in [0.15, 0.2) is 0 Å². The molecule has 3 aliphatic heterocycles. The van der Waals surface area contributed by atoms with Gasteiger partial charge in [0.2, 0.25) is 5.56 Å². The number of ether oxygens (including phenoxy) is 2. The minimum absolute atomic E-state index is 0.0434. The van der Waals surface area contributed by atoms with Crippen LogP contribution in [-0.2, 0) is 51.1 Å². The lowest BCUT2D eigenvalue weighted by atomic mass is 9.78. The number of halogens is 4. The number of carbonyl (C=O) groups is 2. The molecule has 97 heavy (non-hydrogen) atoms. The molecule has 4 aromatic carbocycles. The topological polar surface area (TPSA) is 217 Å². The van der Waals surface area contributed by atoms with E-state index < -0.39 is 40.7 Å². The highest BCUT2D eigenvalue weighted by Gasteiger charge is 2.52. The number of aliphatic hydroxyl groups is 2. The summed E-state index contributed by atoms with van der Waals surface area (Å²) in [6.07, 6.45) is 7.98. The van der Waals surface area contributed by atoms with E-state index in [-0.39, 0.29) is 46.5 Å². The van der Waals surface area contributed by atoms with Gasteiger partial charge in [0, 0.05) is 120 Å². The van der Waals surface area contributed by atoms with Gasteiger partial charge in [-0.1, -0.05) is 132 Å². The van der Waals surface area contributed by atoms with E-state index in [0.717, 1.165) is 49.6 Å². The van der Waals surface area contributed by atoms with E-state index >= 15 is 0 Å². The zero-order valence-electron chi connectivity index (χ0n) is 57.5. The average molecular weight is 1770 g/mol. The maximum atomic E-state index is 13.3. The summed E-state index contributed by atoms with van der Waals surface area (Å²) in [5.74, 6) is 0. The van der Waals surface area contributed by atoms with Gasteiger partial charge in [0.25, 0.3) is 16.7 Å². The van der Waals surface area contributed by atoms with Crippen LogP contribution >= 0.6 is 90.4 Å². The Hall–Kier alpha value is -5.96. The smallest absolute Gasteiger partial charge is 0.438 e. The fourth-order valence-corrected chi connectivity index (χ4v) is 12.5. The minimum atomic E-state index is -0.988. The molecule has 4 atom stereocenters. The molecule has 18 nitrogen and oxygen atoms in total. The number of amides is 2. The third-order valence-corrected chi connectivity index (χ3v) is 19.2. The number of benzene rings is 4. The van der Waals surface area contributed by atoms with Gasteiger partial charge in [-0.25, -0.2) is 9.59 Å². The number of H-pyrrole nitrogens is 1. The van der Waals surface area contributed by atoms with Gasteiger partial charge in [-0.05, 0) is 205 Å². The molecule has 518 valence electrons. The van der Waals surface area contributed by atoms with E-state index in [1.807, 2.05) is 180 Å². The van der Waals surface area contributed by atoms with Gasteiger partial charge in [-0.2, -0.15) is 0 Å². The van der Waals surface area contributed by atoms with Crippen LogP contribution in [0.1, 0.15) is 129 Å². The van der Waals surface area contributed by atoms with Crippen LogP contribution in [0.4, 0.5) is 9.59 Å². The molecule has 7 heterocycles. The molecule has 3 N–H and O–H groups in total. The van der Waals surface area contributed by atoms with Crippen molar-refractivity contribution in [2.45, 2.75) is 141 Å². The zero-order valence-corrected chi connectivity index (χ0v) is 66.2. The SMILES string of the molecule is CI.C[C@@H](c1ccc(-c2ccn(C)c(=O)c2)cc1)N1CC[C@](CC(C)(C)O)(c2ccccc2)OC1=O.C[C@@H](c1ccc(B2OC(C)(C)C(C)(C)O2)cc1)N1CC[C@](CC(C)(C)O)(c2ccccc2)OC1=O.Cn1ccc(I)cc1=O.Cn1ccc(I)cc1=O.O=c1cc(I)cc[nH]1. The Labute approximate surface area is 624 Å². The Balaban J connectivity index is 0.000000219. The number of pyridine rings is 4. The molecule has 3 fully saturated rings. The van der Waals surface area contributed by atoms with E-state index in [0.29, 0.717) is 38.8 Å². The number of aromatic amines is 1. The van der Waals surface area contributed by atoms with Crippen LogP contribution in [0, 0.1) is 10.7 Å². The van der Waals surface area contributed by atoms with Crippen LogP contribution in [0.2, 0.25) is 0 Å². The maximum absolute atomic E-state index is 13.3. The molecule has 0 unspecified atom stereocenters. The summed E-state index contributed by atoms with van der Waals surface area (Å²) in [4.78, 5) is 78.5. The first-order valence-corrected chi connectivity index (χ1v) is 37.0. The third kappa shape index (κ3) is 22.5. The van der Waals surface area contributed by atoms with Crippen LogP contribution < -0.4 is 27.7 Å². The number of carbonyl (C=O) groups excluding carboxylic acids is 2. The van der Waals surface area contributed by atoms with Gasteiger partial charge in [-0.15, -0.1) is 0 Å². The normalized spacial score (nSPS) is 18.4. The lowest BCUT2D eigenvalue weighted by Crippen LogP contribution is -2.51. The summed E-state index contributed by atoms with van der Waals surface area (Å²) in [5.41, 5.74) is 2.08. The van der Waals surface area contributed by atoms with Gasteiger partial charge in [0.05, 0.1) is 34.5 Å². The minimum Gasteiger partial charge on any atom is -0.438 e. The highest BCUT2D eigenvalue weighted by molar-refractivity contribution is 14.1. The molecule has 0 saturated carbocycles. The van der Waals surface area contributed by atoms with E-state index in [4.69, 9.17) is 18.8 Å². The van der Waals surface area contributed by atoms with Gasteiger partial charge < -0.3 is 57.5 Å². The molecule has 4 aromatic heterocycles. The molecule has 11 rings (SSSR count). The highest BCUT2D eigenvalue weighted by atomic mass is 127. The molecule has 2 amide bonds. The van der Waals surface area contributed by atoms with Crippen LogP contribution in [-0.4, -0.2) is 98.4 Å². The van der Waals surface area contributed by atoms with E-state index in [9.17, 15) is 39.0 Å². The van der Waals surface area contributed by atoms with Crippen molar-refractivity contribution in [2.24, 2.45) is 21.1 Å². The first-order valence-electron chi connectivity index (χ1n) is 31.6. The second-order valence-corrected chi connectivity index (χ2v) is 30.1. The predicted molar refractivity (Wildman–Crippen MR) is 418 cm³/mol. The standard InChI is InChI=1S/C28H38BNO5.C28H32N2O4.2C6H6INO.C5H4INO.CH3I/c1-20(21-13-15-23(16-14-21)29-34-26(4,5)27(6,7)35-29)30-18-17-28(33-24(30)31,19-25(2,3)32)22-11-9-8-10-12-22;1-20(21-10-12-22(13-11-21)23-14-16-29(4)25(31)18-23)30-17-15-28(34-26(30)32,19-27(2,3)33)24-8-6-5-7-9-24;2*1-8-3-2-5(7)4-6(8)9;6-4-1-2-7-5(8)3-4;1-2/h8-16,20,32H,17-19H2,1-7H3;5-14,16,18,20,33H,15,17,19H2,1-4H3;2*2-4H,1H3;1-3H,(H,7,8);1H3/t2*20-,28-;;;;/m00..../s1. The summed E-state index contributed by atoms with van der Waals surface area (Å²) in [6.45, 7) is 20.2. The molecular formula is C74H89BI4N6O12. The van der Waals surface area contributed by atoms with Crippen molar-refractivity contribution in [1.82, 2.24) is 28.5 Å². The second kappa shape index (κ2) is 34.9. The highest BCUT2D eigenvalue weighted by Crippen LogP contribution is 2.44. The lowest BCUT2D eigenvalue weighted by Gasteiger charge is -2.45. The number of hydrogen-bond acceptors (Lipinski definition) is 12. The van der Waals surface area contributed by atoms with E-state index in [1.54, 1.807) is 117 Å². The summed E-state index contributed by atoms with van der Waals surface area (Å²) in [6, 6.07) is 48.9. The Morgan fingerprint density at radius 2 is 0.876 bits per heavy atom. The van der Waals surface area contributed by atoms with Crippen LogP contribution in [0.3, 0.4) is 0 Å². The molecule has 0 aliphatic carbocycles. The largest absolute Gasteiger partial charge is 0.494 e. The number of aromatic nitrogens is 4. The summed E-state index contributed by atoms with van der Waals surface area (Å²) in [5, 5.41) is 21.2. The van der Waals surface area contributed by atoms with Crippen molar-refractivity contribution < 1.29 is 38.6 Å². The van der Waals surface area contributed by atoms with Crippen molar-refractivity contribution in [3.63, 3.8) is 0 Å². The maximum Gasteiger partial charge on any atom is 0.494 e. The number of hydrogen-bond donors (Lipinski definition) is 3. The lowest BCUT2D eigenvalue weighted by molar-refractivity contribution is -0.102. The fraction of sp³-hybridized carbons (Fsp3) is 0.378. The first kappa shape index (κ1) is 80.0. The molecule has 8 aromatic rings. The Bertz CT molecular complexity index is 4070.